The molecule has 0 aliphatic rings. The minimum absolute atomic E-state index is 0.187. The number of carbonyl (C=O) groups excluding carboxylic acids is 3. The first-order chi connectivity index (χ1) is 19.7. The van der Waals surface area contributed by atoms with Crippen molar-refractivity contribution in [2.24, 2.45) is 10.8 Å². The molecule has 0 aliphatic heterocycles. The van der Waals surface area contributed by atoms with Gasteiger partial charge in [-0.15, -0.1) is 0 Å². The van der Waals surface area contributed by atoms with Crippen molar-refractivity contribution < 1.29 is 38.1 Å². The Labute approximate surface area is 250 Å². The van der Waals surface area contributed by atoms with Gasteiger partial charge >= 0.3 is 11.9 Å². The van der Waals surface area contributed by atoms with E-state index in [2.05, 4.69) is 0 Å². The molecule has 0 atom stereocenters. The van der Waals surface area contributed by atoms with Crippen molar-refractivity contribution in [3.05, 3.63) is 58.7 Å². The monoisotopic (exact) mass is 582 g/mol. The number of carbonyl (C=O) groups is 3. The molecule has 0 N–H and O–H groups in total. The normalized spacial score (nSPS) is 11.7. The zero-order chi connectivity index (χ0) is 31.5. The Bertz CT molecular complexity index is 1240. The Morgan fingerprint density at radius 2 is 1.31 bits per heavy atom. The van der Waals surface area contributed by atoms with E-state index in [0.717, 1.165) is 23.1 Å². The molecule has 2 aromatic carbocycles. The SMILES string of the molecule is CCCOc1c(C=CC(=O)c2ccc(OCOC(=O)C(C)(C)C)cc2)cc(CC)c(OCOC(=O)C(C)(C)C)c1CC. The van der Waals surface area contributed by atoms with Crippen molar-refractivity contribution in [2.75, 3.05) is 20.2 Å². The second-order valence-corrected chi connectivity index (χ2v) is 11.9. The van der Waals surface area contributed by atoms with Gasteiger partial charge in [0.15, 0.2) is 5.78 Å². The van der Waals surface area contributed by atoms with E-state index in [1.54, 1.807) is 71.9 Å². The minimum Gasteiger partial charge on any atom is -0.493 e. The maximum absolute atomic E-state index is 13.0. The lowest BCUT2D eigenvalue weighted by molar-refractivity contribution is -0.160. The largest absolute Gasteiger partial charge is 0.493 e. The standard InChI is InChI=1S/C34H46O8/c1-10-19-38-30-25(20-23(11-2)29(27(30)12-3)40-22-42-32(37)34(7,8)9)15-18-28(35)24-13-16-26(17-14-24)39-21-41-31(36)33(4,5)6/h13-18,20H,10-12,19,21-22H2,1-9H3. The highest BCUT2D eigenvalue weighted by atomic mass is 16.7. The van der Waals surface area contributed by atoms with Crippen LogP contribution in [0.4, 0.5) is 0 Å². The number of aryl methyl sites for hydroxylation is 1. The van der Waals surface area contributed by atoms with Crippen molar-refractivity contribution >= 4 is 23.8 Å². The topological polar surface area (TPSA) is 97.4 Å². The molecule has 0 saturated carbocycles. The average Bonchev–Trinajstić information content (AvgIpc) is 2.93. The van der Waals surface area contributed by atoms with Crippen LogP contribution in [0.15, 0.2) is 36.4 Å². The Hall–Kier alpha value is -3.81. The molecule has 8 nitrogen and oxygen atoms in total. The lowest BCUT2D eigenvalue weighted by Gasteiger charge is -2.22. The molecule has 2 rings (SSSR count). The van der Waals surface area contributed by atoms with Crippen LogP contribution in [0.1, 0.15) is 95.8 Å². The molecule has 0 aliphatic carbocycles. The molecule has 2 aromatic rings. The molecule has 0 unspecified atom stereocenters. The van der Waals surface area contributed by atoms with Gasteiger partial charge in [0.1, 0.15) is 17.2 Å². The van der Waals surface area contributed by atoms with Gasteiger partial charge in [-0.25, -0.2) is 0 Å². The maximum atomic E-state index is 13.0. The average molecular weight is 583 g/mol. The molecule has 0 aromatic heterocycles. The summed E-state index contributed by atoms with van der Waals surface area (Å²) in [7, 11) is 0. The highest BCUT2D eigenvalue weighted by Gasteiger charge is 2.25. The zero-order valence-electron chi connectivity index (χ0n) is 26.6. The number of rotatable bonds is 14. The number of hydrogen-bond donors (Lipinski definition) is 0. The molecule has 0 fully saturated rings. The first-order valence-electron chi connectivity index (χ1n) is 14.5. The fourth-order valence-corrected chi connectivity index (χ4v) is 3.75. The summed E-state index contributed by atoms with van der Waals surface area (Å²) in [6, 6.07) is 8.58. The summed E-state index contributed by atoms with van der Waals surface area (Å²) >= 11 is 0. The van der Waals surface area contributed by atoms with Gasteiger partial charge in [-0.1, -0.05) is 20.8 Å². The molecule has 230 valence electrons. The minimum atomic E-state index is -0.630. The molecular formula is C34H46O8. The van der Waals surface area contributed by atoms with E-state index in [1.165, 1.54) is 6.08 Å². The van der Waals surface area contributed by atoms with Gasteiger partial charge in [0.2, 0.25) is 13.6 Å². The van der Waals surface area contributed by atoms with E-state index in [-0.39, 0.29) is 31.3 Å². The van der Waals surface area contributed by atoms with Gasteiger partial charge in [-0.05, 0) is 109 Å². The van der Waals surface area contributed by atoms with Gasteiger partial charge in [-0.2, -0.15) is 0 Å². The van der Waals surface area contributed by atoms with Crippen LogP contribution in [0.2, 0.25) is 0 Å². The predicted molar refractivity (Wildman–Crippen MR) is 163 cm³/mol. The smallest absolute Gasteiger partial charge is 0.314 e. The zero-order valence-corrected chi connectivity index (χ0v) is 26.6. The number of ketones is 1. The molecule has 0 bridgehead atoms. The Kier molecular flexibility index (Phi) is 12.6. The summed E-state index contributed by atoms with van der Waals surface area (Å²) in [5, 5.41) is 0. The van der Waals surface area contributed by atoms with Crippen LogP contribution in [0, 0.1) is 10.8 Å². The molecule has 0 spiro atoms. The van der Waals surface area contributed by atoms with E-state index in [4.69, 9.17) is 23.7 Å². The van der Waals surface area contributed by atoms with Gasteiger partial charge < -0.3 is 23.7 Å². The van der Waals surface area contributed by atoms with Gasteiger partial charge in [0.05, 0.1) is 17.4 Å². The van der Waals surface area contributed by atoms with Crippen molar-refractivity contribution in [1.82, 2.24) is 0 Å². The number of allylic oxidation sites excluding steroid dienone is 1. The molecule has 42 heavy (non-hydrogen) atoms. The Morgan fingerprint density at radius 1 is 0.738 bits per heavy atom. The van der Waals surface area contributed by atoms with Crippen molar-refractivity contribution in [2.45, 2.75) is 81.6 Å². The third kappa shape index (κ3) is 9.93. The fourth-order valence-electron chi connectivity index (χ4n) is 3.75. The van der Waals surface area contributed by atoms with Gasteiger partial charge in [0.25, 0.3) is 0 Å². The second kappa shape index (κ2) is 15.4. The summed E-state index contributed by atoms with van der Waals surface area (Å²) < 4.78 is 28.1. The van der Waals surface area contributed by atoms with Crippen molar-refractivity contribution in [3.63, 3.8) is 0 Å². The van der Waals surface area contributed by atoms with E-state index < -0.39 is 10.8 Å². The highest BCUT2D eigenvalue weighted by Crippen LogP contribution is 2.38. The van der Waals surface area contributed by atoms with Crippen LogP contribution < -0.4 is 14.2 Å². The van der Waals surface area contributed by atoms with Crippen LogP contribution in [-0.2, 0) is 31.9 Å². The van der Waals surface area contributed by atoms with Crippen molar-refractivity contribution in [3.8, 4) is 17.2 Å². The van der Waals surface area contributed by atoms with E-state index >= 15 is 0 Å². The second-order valence-electron chi connectivity index (χ2n) is 11.9. The molecule has 0 amide bonds. The number of ether oxygens (including phenoxy) is 5. The van der Waals surface area contributed by atoms with Crippen LogP contribution in [0.5, 0.6) is 17.2 Å². The van der Waals surface area contributed by atoms with E-state index in [0.29, 0.717) is 42.3 Å². The van der Waals surface area contributed by atoms with Crippen LogP contribution in [-0.4, -0.2) is 37.9 Å². The van der Waals surface area contributed by atoms with Crippen molar-refractivity contribution in [1.29, 1.82) is 0 Å². The van der Waals surface area contributed by atoms with E-state index in [9.17, 15) is 14.4 Å². The molecule has 8 heteroatoms. The van der Waals surface area contributed by atoms with Gasteiger partial charge in [-0.3, -0.25) is 14.4 Å². The highest BCUT2D eigenvalue weighted by molar-refractivity contribution is 6.07. The third-order valence-corrected chi connectivity index (χ3v) is 6.20. The number of hydrogen-bond acceptors (Lipinski definition) is 8. The molecule has 0 heterocycles. The summed E-state index contributed by atoms with van der Waals surface area (Å²) in [6.07, 6.45) is 5.37. The number of esters is 2. The maximum Gasteiger partial charge on any atom is 0.314 e. The predicted octanol–water partition coefficient (Wildman–Crippen LogP) is 7.35. The molecular weight excluding hydrogens is 536 g/mol. The van der Waals surface area contributed by atoms with E-state index in [1.807, 2.05) is 26.8 Å². The summed E-state index contributed by atoms with van der Waals surface area (Å²) in [5.74, 6) is 0.876. The molecule has 0 radical (unpaired) electrons. The van der Waals surface area contributed by atoms with Crippen LogP contribution in [0.25, 0.3) is 6.08 Å². The molecule has 0 saturated heterocycles. The van der Waals surface area contributed by atoms with Crippen LogP contribution in [0.3, 0.4) is 0 Å². The lowest BCUT2D eigenvalue weighted by Crippen LogP contribution is -2.25. The third-order valence-electron chi connectivity index (χ3n) is 6.20. The van der Waals surface area contributed by atoms with Gasteiger partial charge in [0, 0.05) is 16.7 Å². The summed E-state index contributed by atoms with van der Waals surface area (Å²) in [5.41, 5.74) is 1.78. The number of benzene rings is 2. The first-order valence-corrected chi connectivity index (χ1v) is 14.5. The summed E-state index contributed by atoms with van der Waals surface area (Å²) in [4.78, 5) is 37.1. The lowest BCUT2D eigenvalue weighted by atomic mass is 9.97. The quantitative estimate of drug-likeness (QED) is 0.0987. The summed E-state index contributed by atoms with van der Waals surface area (Å²) in [6.45, 7) is 16.8. The van der Waals surface area contributed by atoms with Crippen LogP contribution >= 0.6 is 0 Å². The fraction of sp³-hybridized carbons (Fsp3) is 0.500. The Balaban J connectivity index is 2.25. The Morgan fingerprint density at radius 3 is 1.81 bits per heavy atom. The first kappa shape index (κ1) is 34.4.